The van der Waals surface area contributed by atoms with Gasteiger partial charge in [-0.05, 0) is 49.4 Å². The molecule has 0 aromatic heterocycles. The molecule has 1 heterocycles. The number of rotatable bonds is 6. The molecule has 2 N–H and O–H groups in total. The molecule has 5 unspecified atom stereocenters. The first-order valence-electron chi connectivity index (χ1n) is 9.09. The molecule has 1 saturated heterocycles. The Morgan fingerprint density at radius 1 is 1.07 bits per heavy atom. The van der Waals surface area contributed by atoms with Crippen LogP contribution in [0.15, 0.2) is 0 Å². The van der Waals surface area contributed by atoms with Crippen LogP contribution in [0.1, 0.15) is 32.6 Å². The number of alkyl halides is 6. The van der Waals surface area contributed by atoms with E-state index in [1.54, 1.807) is 6.92 Å². The van der Waals surface area contributed by atoms with Crippen molar-refractivity contribution in [1.29, 1.82) is 0 Å². The fourth-order valence-electron chi connectivity index (χ4n) is 4.65. The largest absolute Gasteiger partial charge is 0.465 e. The van der Waals surface area contributed by atoms with Gasteiger partial charge in [0.2, 0.25) is 0 Å². The van der Waals surface area contributed by atoms with E-state index in [9.17, 15) is 36.2 Å². The Labute approximate surface area is 152 Å². The van der Waals surface area contributed by atoms with Crippen molar-refractivity contribution in [3.05, 3.63) is 0 Å². The van der Waals surface area contributed by atoms with E-state index in [0.717, 1.165) is 6.54 Å². The zero-order chi connectivity index (χ0) is 20.2. The van der Waals surface area contributed by atoms with Crippen molar-refractivity contribution in [1.82, 2.24) is 5.32 Å². The second-order valence-electron chi connectivity index (χ2n) is 8.24. The van der Waals surface area contributed by atoms with Gasteiger partial charge in [-0.1, -0.05) is 6.92 Å². The molecule has 0 amide bonds. The highest BCUT2D eigenvalue weighted by Gasteiger charge is 2.71. The molecular weight excluding hydrogens is 380 g/mol. The first kappa shape index (κ1) is 20.7. The van der Waals surface area contributed by atoms with E-state index in [1.807, 2.05) is 0 Å². The molecule has 3 fully saturated rings. The molecule has 1 aliphatic heterocycles. The molecule has 3 aliphatic rings. The maximum atomic E-state index is 12.9. The van der Waals surface area contributed by atoms with Crippen molar-refractivity contribution in [3.63, 3.8) is 0 Å². The number of hydrogen-bond acceptors (Lipinski definition) is 4. The average molecular weight is 403 g/mol. The maximum absolute atomic E-state index is 12.9. The molecule has 6 atom stereocenters. The summed E-state index contributed by atoms with van der Waals surface area (Å²) in [6, 6.07) is 0.115. The van der Waals surface area contributed by atoms with Crippen LogP contribution in [0, 0.1) is 29.6 Å². The summed E-state index contributed by atoms with van der Waals surface area (Å²) in [7, 11) is 0. The van der Waals surface area contributed by atoms with Crippen molar-refractivity contribution in [2.75, 3.05) is 13.2 Å². The van der Waals surface area contributed by atoms with Crippen LogP contribution in [0.3, 0.4) is 0 Å². The Morgan fingerprint density at radius 2 is 1.59 bits per heavy atom. The van der Waals surface area contributed by atoms with Crippen LogP contribution >= 0.6 is 0 Å². The van der Waals surface area contributed by atoms with Crippen LogP contribution in [0.4, 0.5) is 26.3 Å². The van der Waals surface area contributed by atoms with Gasteiger partial charge in [0.05, 0.1) is 12.5 Å². The second-order valence-corrected chi connectivity index (χ2v) is 8.24. The van der Waals surface area contributed by atoms with Crippen molar-refractivity contribution < 1.29 is 41.0 Å². The topological polar surface area (TPSA) is 68.5 Å². The van der Waals surface area contributed by atoms with Gasteiger partial charge in [-0.2, -0.15) is 26.3 Å². The number of nitrogens with one attached hydrogen (secondary N) is 1. The van der Waals surface area contributed by atoms with E-state index in [4.69, 9.17) is 4.74 Å². The van der Waals surface area contributed by atoms with Crippen molar-refractivity contribution in [3.8, 4) is 0 Å². The Hall–Kier alpha value is -1.03. The van der Waals surface area contributed by atoms with E-state index in [1.165, 1.54) is 0 Å². The molecule has 2 bridgehead atoms. The highest BCUT2D eigenvalue weighted by molar-refractivity contribution is 5.73. The predicted molar refractivity (Wildman–Crippen MR) is 81.4 cm³/mol. The summed E-state index contributed by atoms with van der Waals surface area (Å²) in [5.41, 5.74) is -4.68. The first-order valence-corrected chi connectivity index (χ1v) is 9.09. The van der Waals surface area contributed by atoms with E-state index in [0.29, 0.717) is 12.8 Å². The molecule has 10 heteroatoms. The number of carbonyl (C=O) groups excluding carboxylic acids is 1. The van der Waals surface area contributed by atoms with Crippen molar-refractivity contribution in [2.45, 2.75) is 56.6 Å². The summed E-state index contributed by atoms with van der Waals surface area (Å²) in [6.07, 6.45) is -11.8. The number of hydrogen-bond donors (Lipinski definition) is 2. The summed E-state index contributed by atoms with van der Waals surface area (Å²) < 4.78 is 82.7. The zero-order valence-electron chi connectivity index (χ0n) is 14.7. The highest BCUT2D eigenvalue weighted by Crippen LogP contribution is 2.57. The number of fused-ring (bicyclic) bond motifs is 2. The third-order valence-electron chi connectivity index (χ3n) is 6.50. The molecule has 2 aliphatic carbocycles. The molecule has 2 saturated carbocycles. The van der Waals surface area contributed by atoms with Gasteiger partial charge < -0.3 is 15.2 Å². The van der Waals surface area contributed by atoms with E-state index in [2.05, 4.69) is 5.32 Å². The van der Waals surface area contributed by atoms with E-state index < -0.39 is 30.3 Å². The second kappa shape index (κ2) is 6.79. The summed E-state index contributed by atoms with van der Waals surface area (Å²) >= 11 is 0. The third-order valence-corrected chi connectivity index (χ3v) is 6.50. The van der Waals surface area contributed by atoms with Gasteiger partial charge in [-0.3, -0.25) is 4.79 Å². The lowest BCUT2D eigenvalue weighted by atomic mass is 9.76. The molecule has 0 spiro atoms. The van der Waals surface area contributed by atoms with E-state index >= 15 is 0 Å². The van der Waals surface area contributed by atoms with Crippen LogP contribution < -0.4 is 5.32 Å². The maximum Gasteiger partial charge on any atom is 0.426 e. The number of esters is 1. The van der Waals surface area contributed by atoms with Crippen LogP contribution in [-0.4, -0.2) is 48.2 Å². The van der Waals surface area contributed by atoms with Gasteiger partial charge in [0.15, 0.2) is 0 Å². The van der Waals surface area contributed by atoms with Gasteiger partial charge in [0.25, 0.3) is 5.60 Å². The van der Waals surface area contributed by atoms with E-state index in [-0.39, 0.29) is 48.7 Å². The lowest BCUT2D eigenvalue weighted by molar-refractivity contribution is -0.373. The molecule has 0 radical (unpaired) electrons. The predicted octanol–water partition coefficient (Wildman–Crippen LogP) is 3.05. The number of carbonyl (C=O) groups is 1. The number of aliphatic hydroxyl groups is 1. The number of halogens is 6. The fraction of sp³-hybridized carbons (Fsp3) is 0.941. The van der Waals surface area contributed by atoms with Crippen LogP contribution in [0.2, 0.25) is 0 Å². The molecule has 0 aromatic carbocycles. The molecule has 0 aromatic rings. The quantitative estimate of drug-likeness (QED) is 0.406. The smallest absolute Gasteiger partial charge is 0.426 e. The van der Waals surface area contributed by atoms with Gasteiger partial charge in [0.1, 0.15) is 0 Å². The standard InChI is InChI=1S/C17H23F6NO3/c1-8(13-6-24-13)14(25)27-7-12-4-9-2-10(12)3-11(9)5-15(26,16(18,19)20)17(21,22)23/h8-13,24,26H,2-7H2,1H3/t8?,9?,10?,11?,12-,13?/m1/s1. The fourth-order valence-corrected chi connectivity index (χ4v) is 4.65. The minimum Gasteiger partial charge on any atom is -0.465 e. The Kier molecular flexibility index (Phi) is 5.20. The lowest BCUT2D eigenvalue weighted by Gasteiger charge is -2.37. The third kappa shape index (κ3) is 3.92. The SMILES string of the molecule is CC(C(=O)OC[C@H]1CC2CC1CC2CC(O)(C(F)(F)F)C(F)(F)F)C1CN1. The summed E-state index contributed by atoms with van der Waals surface area (Å²) in [4.78, 5) is 11.9. The first-order chi connectivity index (χ1) is 12.3. The molecule has 3 rings (SSSR count). The Balaban J connectivity index is 1.54. The molecule has 27 heavy (non-hydrogen) atoms. The van der Waals surface area contributed by atoms with Crippen LogP contribution in [0.5, 0.6) is 0 Å². The number of ether oxygens (including phenoxy) is 1. The van der Waals surface area contributed by atoms with Crippen molar-refractivity contribution >= 4 is 5.97 Å². The minimum atomic E-state index is -5.77. The van der Waals surface area contributed by atoms with Crippen LogP contribution in [-0.2, 0) is 9.53 Å². The summed E-state index contributed by atoms with van der Waals surface area (Å²) in [5.74, 6) is -1.90. The highest BCUT2D eigenvalue weighted by atomic mass is 19.4. The normalized spacial score (nSPS) is 34.6. The molecular formula is C17H23F6NO3. The monoisotopic (exact) mass is 403 g/mol. The van der Waals surface area contributed by atoms with Gasteiger partial charge >= 0.3 is 18.3 Å². The van der Waals surface area contributed by atoms with Gasteiger partial charge in [-0.15, -0.1) is 0 Å². The molecule has 156 valence electrons. The minimum absolute atomic E-state index is 0.0422. The van der Waals surface area contributed by atoms with Gasteiger partial charge in [-0.25, -0.2) is 0 Å². The lowest BCUT2D eigenvalue weighted by Crippen LogP contribution is -2.58. The van der Waals surface area contributed by atoms with Gasteiger partial charge in [0, 0.05) is 12.6 Å². The average Bonchev–Trinajstić information content (AvgIpc) is 3.22. The molecule has 4 nitrogen and oxygen atoms in total. The Morgan fingerprint density at radius 3 is 2.04 bits per heavy atom. The summed E-state index contributed by atoms with van der Waals surface area (Å²) in [5, 5.41) is 12.4. The van der Waals surface area contributed by atoms with Crippen LogP contribution in [0.25, 0.3) is 0 Å². The Bertz CT molecular complexity index is 560. The summed E-state index contributed by atoms with van der Waals surface area (Å²) in [6.45, 7) is 2.65. The zero-order valence-corrected chi connectivity index (χ0v) is 14.7. The van der Waals surface area contributed by atoms with Crippen molar-refractivity contribution in [2.24, 2.45) is 29.6 Å².